The maximum Gasteiger partial charge on any atom is 0.329 e. The fourth-order valence-electron chi connectivity index (χ4n) is 4.11. The van der Waals surface area contributed by atoms with Crippen LogP contribution in [0, 0.1) is 0 Å². The molecule has 0 spiro atoms. The maximum atomic E-state index is 13.7. The molecule has 1 unspecified atom stereocenters. The summed E-state index contributed by atoms with van der Waals surface area (Å²) < 4.78 is 33.4. The average molecular weight is 564 g/mol. The Labute approximate surface area is 232 Å². The van der Waals surface area contributed by atoms with E-state index < -0.39 is 22.1 Å². The minimum atomic E-state index is -4.20. The minimum Gasteiger partial charge on any atom is -0.497 e. The van der Waals surface area contributed by atoms with Gasteiger partial charge in [0.1, 0.15) is 11.8 Å². The second kappa shape index (κ2) is 12.6. The van der Waals surface area contributed by atoms with Gasteiger partial charge in [0.05, 0.1) is 12.0 Å². The third kappa shape index (κ3) is 7.04. The average Bonchev–Trinajstić information content (AvgIpc) is 3.49. The van der Waals surface area contributed by atoms with Crippen molar-refractivity contribution in [3.05, 3.63) is 101 Å². The Bertz CT molecular complexity index is 1510. The number of hydrogen-bond acceptors (Lipinski definition) is 6. The molecular formula is C29H29N3O5S2. The van der Waals surface area contributed by atoms with Crippen LogP contribution in [0.2, 0.25) is 0 Å². The highest BCUT2D eigenvalue weighted by Crippen LogP contribution is 2.25. The van der Waals surface area contributed by atoms with Crippen LogP contribution in [0.5, 0.6) is 5.75 Å². The number of methoxy groups -OCH3 is 1. The summed E-state index contributed by atoms with van der Waals surface area (Å²) in [6, 6.07) is 22.4. The van der Waals surface area contributed by atoms with Crippen LogP contribution >= 0.6 is 11.3 Å². The van der Waals surface area contributed by atoms with Crippen molar-refractivity contribution in [2.24, 2.45) is 0 Å². The lowest BCUT2D eigenvalue weighted by Gasteiger charge is -2.27. The van der Waals surface area contributed by atoms with Crippen molar-refractivity contribution in [1.29, 1.82) is 0 Å². The van der Waals surface area contributed by atoms with Gasteiger partial charge in [-0.25, -0.2) is 17.9 Å². The molecule has 1 aromatic heterocycles. The predicted octanol–water partition coefficient (Wildman–Crippen LogP) is 5.08. The van der Waals surface area contributed by atoms with Crippen molar-refractivity contribution >= 4 is 39.0 Å². The van der Waals surface area contributed by atoms with Crippen molar-refractivity contribution in [2.75, 3.05) is 18.6 Å². The van der Waals surface area contributed by atoms with Crippen LogP contribution in [0.25, 0.3) is 11.1 Å². The predicted molar refractivity (Wildman–Crippen MR) is 154 cm³/mol. The van der Waals surface area contributed by atoms with Crippen LogP contribution < -0.4 is 19.7 Å². The third-order valence-corrected chi connectivity index (χ3v) is 8.09. The number of carbonyl (C=O) groups is 2. The van der Waals surface area contributed by atoms with E-state index in [1.807, 2.05) is 54.1 Å². The number of rotatable bonds is 10. The topological polar surface area (TPSA) is 105 Å². The van der Waals surface area contributed by atoms with E-state index in [9.17, 15) is 18.0 Å². The number of hydrogen-bond donors (Lipinski definition) is 2. The molecule has 10 heteroatoms. The summed E-state index contributed by atoms with van der Waals surface area (Å²) in [4.78, 5) is 28.2. The zero-order valence-electron chi connectivity index (χ0n) is 21.5. The standard InChI is InChI=1S/C29H29N3O5S2/c1-3-32(24-12-14-25(37-2)15-13-24)28(33)27(18-21-8-5-4-6-9-21)30-29(34)31-39(35,36)26-11-7-10-22(19-26)23-16-17-38-20-23/h4-17,19-20,27H,3,18H2,1-2H3,(H2,30,31,34). The zero-order valence-corrected chi connectivity index (χ0v) is 23.2. The summed E-state index contributed by atoms with van der Waals surface area (Å²) in [6.45, 7) is 2.17. The number of urea groups is 1. The summed E-state index contributed by atoms with van der Waals surface area (Å²) in [6.07, 6.45) is 0.174. The monoisotopic (exact) mass is 563 g/mol. The van der Waals surface area contributed by atoms with Crippen LogP contribution in [-0.4, -0.2) is 40.1 Å². The molecule has 39 heavy (non-hydrogen) atoms. The molecule has 2 N–H and O–H groups in total. The minimum absolute atomic E-state index is 0.0549. The van der Waals surface area contributed by atoms with Gasteiger partial charge in [-0.2, -0.15) is 11.3 Å². The van der Waals surface area contributed by atoms with Crippen molar-refractivity contribution < 1.29 is 22.7 Å². The Kier molecular flexibility index (Phi) is 9.00. The number of ether oxygens (including phenoxy) is 1. The van der Waals surface area contributed by atoms with Crippen LogP contribution in [-0.2, 0) is 21.2 Å². The number of amides is 3. The first-order chi connectivity index (χ1) is 18.8. The number of thiophene rings is 1. The Morgan fingerprint density at radius 1 is 0.949 bits per heavy atom. The highest BCUT2D eigenvalue weighted by Gasteiger charge is 2.28. The normalized spacial score (nSPS) is 11.8. The largest absolute Gasteiger partial charge is 0.497 e. The summed E-state index contributed by atoms with van der Waals surface area (Å²) in [5, 5.41) is 6.41. The van der Waals surface area contributed by atoms with Crippen LogP contribution in [0.15, 0.2) is 101 Å². The smallest absolute Gasteiger partial charge is 0.329 e. The van der Waals surface area contributed by atoms with E-state index in [0.717, 1.165) is 16.7 Å². The molecule has 0 saturated heterocycles. The molecule has 0 saturated carbocycles. The molecule has 202 valence electrons. The third-order valence-electron chi connectivity index (χ3n) is 6.08. The van der Waals surface area contributed by atoms with E-state index in [-0.39, 0.29) is 17.2 Å². The van der Waals surface area contributed by atoms with Gasteiger partial charge in [0.25, 0.3) is 10.0 Å². The lowest BCUT2D eigenvalue weighted by molar-refractivity contribution is -0.120. The quantitative estimate of drug-likeness (QED) is 0.280. The number of benzene rings is 3. The Hall–Kier alpha value is -4.15. The zero-order chi connectivity index (χ0) is 27.8. The van der Waals surface area contributed by atoms with Gasteiger partial charge in [0.15, 0.2) is 0 Å². The van der Waals surface area contributed by atoms with Crippen molar-refractivity contribution in [3.8, 4) is 16.9 Å². The molecule has 0 aliphatic carbocycles. The first-order valence-corrected chi connectivity index (χ1v) is 14.7. The Balaban J connectivity index is 1.55. The molecule has 3 aromatic carbocycles. The second-order valence-corrected chi connectivity index (χ2v) is 11.1. The summed E-state index contributed by atoms with van der Waals surface area (Å²) >= 11 is 1.50. The number of likely N-dealkylation sites (N-methyl/N-ethyl adjacent to an activating group) is 1. The van der Waals surface area contributed by atoms with Gasteiger partial charge < -0.3 is 15.0 Å². The van der Waals surface area contributed by atoms with Crippen LogP contribution in [0.3, 0.4) is 0 Å². The fourth-order valence-corrected chi connectivity index (χ4v) is 5.73. The van der Waals surface area contributed by atoms with Gasteiger partial charge in [-0.1, -0.05) is 42.5 Å². The molecule has 0 aliphatic heterocycles. The molecule has 0 fully saturated rings. The van der Waals surface area contributed by atoms with Gasteiger partial charge in [-0.3, -0.25) is 4.79 Å². The van der Waals surface area contributed by atoms with Gasteiger partial charge in [0, 0.05) is 18.7 Å². The molecule has 0 radical (unpaired) electrons. The van der Waals surface area contributed by atoms with Crippen LogP contribution in [0.1, 0.15) is 12.5 Å². The molecule has 0 aliphatic rings. The van der Waals surface area contributed by atoms with Gasteiger partial charge >= 0.3 is 6.03 Å². The second-order valence-electron chi connectivity index (χ2n) is 8.64. The van der Waals surface area contributed by atoms with E-state index in [1.165, 1.54) is 28.4 Å². The van der Waals surface area contributed by atoms with E-state index in [1.54, 1.807) is 43.5 Å². The molecule has 1 atom stereocenters. The van der Waals surface area contributed by atoms with E-state index >= 15 is 0 Å². The molecule has 4 rings (SSSR count). The summed E-state index contributed by atoms with van der Waals surface area (Å²) in [5.41, 5.74) is 3.04. The molecule has 1 heterocycles. The molecule has 0 bridgehead atoms. The highest BCUT2D eigenvalue weighted by molar-refractivity contribution is 7.90. The lowest BCUT2D eigenvalue weighted by Crippen LogP contribution is -2.53. The molecule has 3 amide bonds. The van der Waals surface area contributed by atoms with E-state index in [0.29, 0.717) is 18.0 Å². The molecule has 8 nitrogen and oxygen atoms in total. The maximum absolute atomic E-state index is 13.7. The Morgan fingerprint density at radius 3 is 2.33 bits per heavy atom. The van der Waals surface area contributed by atoms with Gasteiger partial charge in [-0.05, 0) is 76.8 Å². The SMILES string of the molecule is CCN(C(=O)C(Cc1ccccc1)NC(=O)NS(=O)(=O)c1cccc(-c2ccsc2)c1)c1ccc(OC)cc1. The summed E-state index contributed by atoms with van der Waals surface area (Å²) in [5.74, 6) is 0.271. The Morgan fingerprint density at radius 2 is 1.69 bits per heavy atom. The van der Waals surface area contributed by atoms with Gasteiger partial charge in [0.2, 0.25) is 5.91 Å². The van der Waals surface area contributed by atoms with Crippen molar-refractivity contribution in [2.45, 2.75) is 24.3 Å². The first-order valence-electron chi connectivity index (χ1n) is 12.3. The van der Waals surface area contributed by atoms with Crippen LogP contribution in [0.4, 0.5) is 10.5 Å². The number of nitrogens with one attached hydrogen (secondary N) is 2. The summed E-state index contributed by atoms with van der Waals surface area (Å²) in [7, 11) is -2.64. The highest BCUT2D eigenvalue weighted by atomic mass is 32.2. The van der Waals surface area contributed by atoms with E-state index in [4.69, 9.17) is 4.74 Å². The lowest BCUT2D eigenvalue weighted by atomic mass is 10.0. The fraction of sp³-hybridized carbons (Fsp3) is 0.172. The molecular weight excluding hydrogens is 534 g/mol. The first kappa shape index (κ1) is 27.9. The number of sulfonamides is 1. The van der Waals surface area contributed by atoms with Crippen molar-refractivity contribution in [3.63, 3.8) is 0 Å². The van der Waals surface area contributed by atoms with Gasteiger partial charge in [-0.15, -0.1) is 0 Å². The van der Waals surface area contributed by atoms with Crippen molar-refractivity contribution in [1.82, 2.24) is 10.0 Å². The van der Waals surface area contributed by atoms with E-state index in [2.05, 4.69) is 10.0 Å². The molecule has 4 aromatic rings. The number of nitrogens with zero attached hydrogens (tertiary/aromatic N) is 1. The number of anilines is 1. The number of carbonyl (C=O) groups excluding carboxylic acids is 2.